The van der Waals surface area contributed by atoms with Gasteiger partial charge in [0, 0.05) is 18.1 Å². The van der Waals surface area contributed by atoms with Crippen LogP contribution in [0.3, 0.4) is 0 Å². The van der Waals surface area contributed by atoms with Gasteiger partial charge in [-0.1, -0.05) is 65.2 Å². The van der Waals surface area contributed by atoms with Crippen LogP contribution < -0.4 is 9.27 Å². The summed E-state index contributed by atoms with van der Waals surface area (Å²) in [5, 5.41) is 0. The molecule has 0 radical (unpaired) electrons. The minimum absolute atomic E-state index is 0. The van der Waals surface area contributed by atoms with Crippen molar-refractivity contribution in [3.05, 3.63) is 30.1 Å². The number of aryl methyl sites for hydroxylation is 2. The SMILES string of the molecule is CCCCCCCCCCCC[n+]1cccc(CC)c1.[F-]. The summed E-state index contributed by atoms with van der Waals surface area (Å²) in [6.07, 6.45) is 19.8. The fourth-order valence-electron chi connectivity index (χ4n) is 2.71. The van der Waals surface area contributed by atoms with Gasteiger partial charge < -0.3 is 4.70 Å². The Bertz CT molecular complexity index is 338. The van der Waals surface area contributed by atoms with Crippen molar-refractivity contribution in [3.63, 3.8) is 0 Å². The summed E-state index contributed by atoms with van der Waals surface area (Å²) in [5.74, 6) is 0. The predicted molar refractivity (Wildman–Crippen MR) is 87.9 cm³/mol. The van der Waals surface area contributed by atoms with Gasteiger partial charge in [-0.3, -0.25) is 0 Å². The molecule has 0 spiro atoms. The highest BCUT2D eigenvalue weighted by atomic mass is 19.0. The van der Waals surface area contributed by atoms with E-state index in [2.05, 4.69) is 42.9 Å². The van der Waals surface area contributed by atoms with Crippen LogP contribution in [0.25, 0.3) is 0 Å². The van der Waals surface area contributed by atoms with Crippen LogP contribution in [0, 0.1) is 0 Å². The third-order valence-electron chi connectivity index (χ3n) is 4.10. The van der Waals surface area contributed by atoms with E-state index in [-0.39, 0.29) is 4.70 Å². The Morgan fingerprint density at radius 3 is 1.95 bits per heavy atom. The molecule has 122 valence electrons. The van der Waals surface area contributed by atoms with Crippen LogP contribution in [0.5, 0.6) is 0 Å². The van der Waals surface area contributed by atoms with Crippen LogP contribution in [-0.2, 0) is 13.0 Å². The highest BCUT2D eigenvalue weighted by Crippen LogP contribution is 2.10. The maximum absolute atomic E-state index is 2.35. The Balaban J connectivity index is 0.00000400. The van der Waals surface area contributed by atoms with Gasteiger partial charge >= 0.3 is 0 Å². The molecule has 1 rings (SSSR count). The van der Waals surface area contributed by atoms with E-state index < -0.39 is 0 Å². The van der Waals surface area contributed by atoms with Crippen LogP contribution >= 0.6 is 0 Å². The fourth-order valence-corrected chi connectivity index (χ4v) is 2.71. The van der Waals surface area contributed by atoms with Crippen LogP contribution in [0.2, 0.25) is 0 Å². The Hall–Kier alpha value is -0.920. The molecule has 1 nitrogen and oxygen atoms in total. The van der Waals surface area contributed by atoms with Gasteiger partial charge in [-0.25, -0.2) is 4.57 Å². The molecule has 1 aromatic rings. The van der Waals surface area contributed by atoms with Gasteiger partial charge in [0.15, 0.2) is 12.4 Å². The average molecular weight is 295 g/mol. The number of aromatic nitrogens is 1. The largest absolute Gasteiger partial charge is 1.00 e. The molecule has 0 atom stereocenters. The lowest BCUT2D eigenvalue weighted by Gasteiger charge is -2.02. The zero-order valence-electron chi connectivity index (χ0n) is 14.1. The molecule has 0 aliphatic carbocycles. The molecule has 0 N–H and O–H groups in total. The standard InChI is InChI=1S/C19H34N.FH/c1-3-5-6-7-8-9-10-11-12-13-16-20-17-14-15-19(4-2)18-20;/h14-15,17-18H,3-13,16H2,1-2H3;1H/q+1;/p-1. The summed E-state index contributed by atoms with van der Waals surface area (Å²) in [6, 6.07) is 4.39. The van der Waals surface area contributed by atoms with E-state index in [1.165, 1.54) is 76.3 Å². The summed E-state index contributed by atoms with van der Waals surface area (Å²) >= 11 is 0. The lowest BCUT2D eigenvalue weighted by molar-refractivity contribution is -0.697. The van der Waals surface area contributed by atoms with Gasteiger partial charge in [-0.05, 0) is 18.9 Å². The van der Waals surface area contributed by atoms with Crippen LogP contribution in [0.15, 0.2) is 24.5 Å². The van der Waals surface area contributed by atoms with Gasteiger partial charge in [0.05, 0.1) is 0 Å². The normalized spacial score (nSPS) is 10.4. The molecule has 1 aromatic heterocycles. The number of unbranched alkanes of at least 4 members (excludes halogenated alkanes) is 9. The molecule has 21 heavy (non-hydrogen) atoms. The zero-order valence-corrected chi connectivity index (χ0v) is 14.1. The van der Waals surface area contributed by atoms with E-state index in [0.29, 0.717) is 0 Å². The topological polar surface area (TPSA) is 3.88 Å². The average Bonchev–Trinajstić information content (AvgIpc) is 2.49. The van der Waals surface area contributed by atoms with Gasteiger partial charge in [-0.15, -0.1) is 0 Å². The molecule has 0 aliphatic heterocycles. The molecule has 0 fully saturated rings. The quantitative estimate of drug-likeness (QED) is 0.412. The van der Waals surface area contributed by atoms with Crippen molar-refractivity contribution in [2.24, 2.45) is 0 Å². The van der Waals surface area contributed by atoms with E-state index in [0.717, 1.165) is 6.42 Å². The number of nitrogens with zero attached hydrogens (tertiary/aromatic N) is 1. The first-order valence-corrected chi connectivity index (χ1v) is 8.84. The summed E-state index contributed by atoms with van der Waals surface area (Å²) in [7, 11) is 0. The third-order valence-corrected chi connectivity index (χ3v) is 4.10. The Morgan fingerprint density at radius 1 is 0.810 bits per heavy atom. The molecule has 0 saturated carbocycles. The molecule has 0 bridgehead atoms. The summed E-state index contributed by atoms with van der Waals surface area (Å²) in [6.45, 7) is 5.69. The minimum atomic E-state index is 0. The van der Waals surface area contributed by atoms with E-state index >= 15 is 0 Å². The molecule has 0 saturated heterocycles. The van der Waals surface area contributed by atoms with Gasteiger partial charge in [0.25, 0.3) is 0 Å². The molecule has 0 aromatic carbocycles. The second kappa shape index (κ2) is 14.0. The monoisotopic (exact) mass is 295 g/mol. The number of hydrogen-bond donors (Lipinski definition) is 0. The molecule has 1 heterocycles. The molecule has 0 amide bonds. The second-order valence-electron chi connectivity index (χ2n) is 5.99. The number of hydrogen-bond acceptors (Lipinski definition) is 0. The van der Waals surface area contributed by atoms with Gasteiger partial charge in [-0.2, -0.15) is 0 Å². The Kier molecular flexibility index (Phi) is 13.4. The number of halogens is 1. The maximum Gasteiger partial charge on any atom is 0.171 e. The minimum Gasteiger partial charge on any atom is -1.00 e. The molecule has 0 unspecified atom stereocenters. The number of pyridine rings is 1. The smallest absolute Gasteiger partial charge is 0.171 e. The van der Waals surface area contributed by atoms with Crippen molar-refractivity contribution in [1.29, 1.82) is 0 Å². The predicted octanol–water partition coefficient (Wildman–Crippen LogP) is 2.46. The first-order valence-electron chi connectivity index (χ1n) is 8.84. The lowest BCUT2D eigenvalue weighted by Crippen LogP contribution is -3.00. The molecular formula is C19H34FN. The first kappa shape index (κ1) is 20.1. The zero-order chi connectivity index (χ0) is 14.5. The van der Waals surface area contributed by atoms with Crippen molar-refractivity contribution in [1.82, 2.24) is 0 Å². The molecule has 0 aliphatic rings. The van der Waals surface area contributed by atoms with Crippen molar-refractivity contribution < 1.29 is 9.27 Å². The highest BCUT2D eigenvalue weighted by molar-refractivity contribution is 5.04. The summed E-state index contributed by atoms with van der Waals surface area (Å²) < 4.78 is 2.35. The summed E-state index contributed by atoms with van der Waals surface area (Å²) in [4.78, 5) is 0. The van der Waals surface area contributed by atoms with E-state index in [4.69, 9.17) is 0 Å². The fraction of sp³-hybridized carbons (Fsp3) is 0.737. The van der Waals surface area contributed by atoms with Crippen molar-refractivity contribution >= 4 is 0 Å². The highest BCUT2D eigenvalue weighted by Gasteiger charge is 2.01. The number of rotatable bonds is 12. The molecule has 2 heteroatoms. The van der Waals surface area contributed by atoms with Crippen molar-refractivity contribution in [3.8, 4) is 0 Å². The van der Waals surface area contributed by atoms with E-state index in [1.807, 2.05) is 0 Å². The maximum atomic E-state index is 2.35. The van der Waals surface area contributed by atoms with E-state index in [1.54, 1.807) is 0 Å². The van der Waals surface area contributed by atoms with Crippen molar-refractivity contribution in [2.45, 2.75) is 91.0 Å². The van der Waals surface area contributed by atoms with E-state index in [9.17, 15) is 0 Å². The Morgan fingerprint density at radius 2 is 1.38 bits per heavy atom. The van der Waals surface area contributed by atoms with Gasteiger partial charge in [0.2, 0.25) is 0 Å². The molecular weight excluding hydrogens is 261 g/mol. The lowest BCUT2D eigenvalue weighted by atomic mass is 10.1. The summed E-state index contributed by atoms with van der Waals surface area (Å²) in [5.41, 5.74) is 1.44. The van der Waals surface area contributed by atoms with Crippen LogP contribution in [-0.4, -0.2) is 0 Å². The van der Waals surface area contributed by atoms with Crippen LogP contribution in [0.1, 0.15) is 83.6 Å². The van der Waals surface area contributed by atoms with Crippen molar-refractivity contribution in [2.75, 3.05) is 0 Å². The second-order valence-corrected chi connectivity index (χ2v) is 5.99. The van der Waals surface area contributed by atoms with Gasteiger partial charge in [0.1, 0.15) is 6.54 Å². The first-order chi connectivity index (χ1) is 9.86. The van der Waals surface area contributed by atoms with Crippen LogP contribution in [0.4, 0.5) is 0 Å². The Labute approximate surface area is 131 Å². The third kappa shape index (κ3) is 10.4.